The van der Waals surface area contributed by atoms with Crippen LogP contribution in [0.25, 0.3) is 0 Å². The van der Waals surface area contributed by atoms with E-state index in [4.69, 9.17) is 10.8 Å². The van der Waals surface area contributed by atoms with Gasteiger partial charge in [-0.3, -0.25) is 0 Å². The van der Waals surface area contributed by atoms with Crippen molar-refractivity contribution in [1.82, 2.24) is 0 Å². The highest BCUT2D eigenvalue weighted by Gasteiger charge is 2.29. The molecule has 0 heterocycles. The minimum Gasteiger partial charge on any atom is -0.478 e. The maximum atomic E-state index is 12.5. The van der Waals surface area contributed by atoms with Crippen molar-refractivity contribution in [1.29, 1.82) is 0 Å². The first-order valence-electron chi connectivity index (χ1n) is 4.06. The fraction of sp³-hybridized carbons (Fsp3) is 0.125. The van der Waals surface area contributed by atoms with E-state index in [1.807, 2.05) is 0 Å². The van der Waals surface area contributed by atoms with E-state index in [1.54, 1.807) is 0 Å². The number of hydrogen-bond acceptors (Lipinski definition) is 2. The fourth-order valence-corrected chi connectivity index (χ4v) is 1.22. The fourth-order valence-electron chi connectivity index (χ4n) is 1.22. The number of nitrogens with two attached hydrogens (primary N) is 1. The maximum absolute atomic E-state index is 12.5. The third-order valence-corrected chi connectivity index (χ3v) is 2.09. The predicted octanol–water partition coefficient (Wildman–Crippen LogP) is 1.33. The smallest absolute Gasteiger partial charge is 0.478 e. The summed E-state index contributed by atoms with van der Waals surface area (Å²) in [5.41, 5.74) is 3.60. The molecule has 1 aromatic rings. The molecule has 3 nitrogen and oxygen atoms in total. The second-order valence-electron chi connectivity index (χ2n) is 3.16. The largest absolute Gasteiger partial charge is 0.509 e. The molecule has 1 aromatic carbocycles. The van der Waals surface area contributed by atoms with Crippen LogP contribution in [-0.2, 0) is 0 Å². The minimum atomic E-state index is -5.24. The molecule has 15 heavy (non-hydrogen) atoms. The molecule has 0 bridgehead atoms. The van der Waals surface area contributed by atoms with Gasteiger partial charge in [-0.15, -0.1) is 5.46 Å². The summed E-state index contributed by atoms with van der Waals surface area (Å²) in [7, 11) is 0. The van der Waals surface area contributed by atoms with Gasteiger partial charge in [-0.2, -0.15) is 0 Å². The standard InChI is InChI=1S/C8H8BF3NO2/c1-4-6(9(10,11)12)2-5(8(14)15)3-7(4)13/h2-3H,13H2,1H3,(H,14,15)/q-1. The van der Waals surface area contributed by atoms with Crippen LogP contribution in [0.3, 0.4) is 0 Å². The van der Waals surface area contributed by atoms with Gasteiger partial charge < -0.3 is 23.8 Å². The van der Waals surface area contributed by atoms with Crippen molar-refractivity contribution in [3.63, 3.8) is 0 Å². The average Bonchev–Trinajstić information content (AvgIpc) is 2.06. The van der Waals surface area contributed by atoms with E-state index < -0.39 is 24.0 Å². The molecule has 82 valence electrons. The molecule has 0 aliphatic carbocycles. The average molecular weight is 218 g/mol. The van der Waals surface area contributed by atoms with Crippen LogP contribution in [-0.4, -0.2) is 18.1 Å². The Hall–Kier alpha value is -1.66. The van der Waals surface area contributed by atoms with Crippen LogP contribution >= 0.6 is 0 Å². The van der Waals surface area contributed by atoms with Crippen molar-refractivity contribution in [3.8, 4) is 0 Å². The van der Waals surface area contributed by atoms with Gasteiger partial charge in [0.1, 0.15) is 0 Å². The van der Waals surface area contributed by atoms with Crippen LogP contribution in [0.1, 0.15) is 15.9 Å². The normalized spacial score (nSPS) is 11.5. The summed E-state index contributed by atoms with van der Waals surface area (Å²) in [4.78, 5) is 10.5. The second-order valence-corrected chi connectivity index (χ2v) is 3.16. The van der Waals surface area contributed by atoms with Gasteiger partial charge in [-0.25, -0.2) is 4.79 Å². The van der Waals surface area contributed by atoms with Gasteiger partial charge in [-0.05, 0) is 13.0 Å². The van der Waals surface area contributed by atoms with E-state index in [9.17, 15) is 17.7 Å². The Kier molecular flexibility index (Phi) is 2.66. The molecule has 0 saturated heterocycles. The van der Waals surface area contributed by atoms with Crippen LogP contribution in [0.4, 0.5) is 18.6 Å². The number of benzene rings is 1. The lowest BCUT2D eigenvalue weighted by atomic mass is 9.76. The molecule has 3 N–H and O–H groups in total. The predicted molar refractivity (Wildman–Crippen MR) is 51.3 cm³/mol. The summed E-state index contributed by atoms with van der Waals surface area (Å²) in [6, 6.07) is 1.62. The molecule has 7 heteroatoms. The number of rotatable bonds is 2. The first-order chi connectivity index (χ1) is 6.73. The molecular formula is C8H8BF3NO2-. The Morgan fingerprint density at radius 1 is 1.40 bits per heavy atom. The van der Waals surface area contributed by atoms with Gasteiger partial charge >= 0.3 is 12.9 Å². The first-order valence-corrected chi connectivity index (χ1v) is 4.06. The zero-order valence-corrected chi connectivity index (χ0v) is 7.80. The molecule has 0 amide bonds. The third kappa shape index (κ3) is 2.23. The topological polar surface area (TPSA) is 63.3 Å². The molecule has 0 saturated carbocycles. The summed E-state index contributed by atoms with van der Waals surface area (Å²) in [6.07, 6.45) is 0. The van der Waals surface area contributed by atoms with Crippen LogP contribution in [0.5, 0.6) is 0 Å². The van der Waals surface area contributed by atoms with Crippen LogP contribution < -0.4 is 11.2 Å². The summed E-state index contributed by atoms with van der Waals surface area (Å²) in [5.74, 6) is -1.43. The van der Waals surface area contributed by atoms with Crippen LogP contribution in [0.2, 0.25) is 0 Å². The van der Waals surface area contributed by atoms with Gasteiger partial charge in [0.2, 0.25) is 0 Å². The molecule has 0 fully saturated rings. The summed E-state index contributed by atoms with van der Waals surface area (Å²) < 4.78 is 37.5. The highest BCUT2D eigenvalue weighted by molar-refractivity contribution is 6.74. The van der Waals surface area contributed by atoms with Crippen LogP contribution in [0.15, 0.2) is 12.1 Å². The van der Waals surface area contributed by atoms with E-state index in [0.29, 0.717) is 6.07 Å². The minimum absolute atomic E-state index is 0.132. The molecule has 0 unspecified atom stereocenters. The van der Waals surface area contributed by atoms with E-state index >= 15 is 0 Å². The number of aromatic carboxylic acids is 1. The number of nitrogen functional groups attached to an aromatic ring is 1. The lowest BCUT2D eigenvalue weighted by molar-refractivity contribution is 0.0697. The molecule has 0 aliphatic rings. The van der Waals surface area contributed by atoms with Crippen molar-refractivity contribution in [2.45, 2.75) is 6.92 Å². The molecule has 0 spiro atoms. The number of carboxylic acid groups (broad SMARTS) is 1. The van der Waals surface area contributed by atoms with E-state index in [-0.39, 0.29) is 11.3 Å². The van der Waals surface area contributed by atoms with Crippen molar-refractivity contribution < 1.29 is 22.8 Å². The SMILES string of the molecule is Cc1c(N)cc(C(=O)O)cc1[B-](F)(F)F. The van der Waals surface area contributed by atoms with Gasteiger partial charge in [0.05, 0.1) is 5.56 Å². The highest BCUT2D eigenvalue weighted by Crippen LogP contribution is 2.18. The second kappa shape index (κ2) is 3.49. The lowest BCUT2D eigenvalue weighted by Crippen LogP contribution is -2.37. The summed E-state index contributed by atoms with van der Waals surface area (Å²) >= 11 is 0. The monoisotopic (exact) mass is 218 g/mol. The molecule has 0 aromatic heterocycles. The van der Waals surface area contributed by atoms with Gasteiger partial charge in [0.15, 0.2) is 0 Å². The number of carboxylic acids is 1. The van der Waals surface area contributed by atoms with Crippen molar-refractivity contribution in [2.24, 2.45) is 0 Å². The Balaban J connectivity index is 3.45. The van der Waals surface area contributed by atoms with E-state index in [2.05, 4.69) is 0 Å². The Morgan fingerprint density at radius 3 is 2.33 bits per heavy atom. The Morgan fingerprint density at radius 2 is 1.93 bits per heavy atom. The van der Waals surface area contributed by atoms with Crippen molar-refractivity contribution in [2.75, 3.05) is 5.73 Å². The summed E-state index contributed by atoms with van der Waals surface area (Å²) in [5, 5.41) is 8.57. The Bertz CT molecular complexity index is 417. The maximum Gasteiger partial charge on any atom is 0.509 e. The molecular weight excluding hydrogens is 210 g/mol. The molecule has 0 radical (unpaired) electrons. The molecule has 0 aliphatic heterocycles. The molecule has 0 atom stereocenters. The summed E-state index contributed by atoms with van der Waals surface area (Å²) in [6.45, 7) is -4.03. The lowest BCUT2D eigenvalue weighted by Gasteiger charge is -2.19. The van der Waals surface area contributed by atoms with Gasteiger partial charge in [0.25, 0.3) is 0 Å². The number of halogens is 3. The van der Waals surface area contributed by atoms with Crippen LogP contribution in [0, 0.1) is 6.92 Å². The van der Waals surface area contributed by atoms with Crippen molar-refractivity contribution >= 4 is 24.1 Å². The zero-order chi connectivity index (χ0) is 11.8. The number of anilines is 1. The first kappa shape index (κ1) is 11.4. The van der Waals surface area contributed by atoms with E-state index in [0.717, 1.165) is 6.07 Å². The third-order valence-electron chi connectivity index (χ3n) is 2.09. The van der Waals surface area contributed by atoms with Gasteiger partial charge in [-0.1, -0.05) is 11.6 Å². The quantitative estimate of drug-likeness (QED) is 0.581. The number of carbonyl (C=O) groups is 1. The molecule has 1 rings (SSSR count). The van der Waals surface area contributed by atoms with E-state index in [1.165, 1.54) is 6.92 Å². The Labute approximate surface area is 83.8 Å². The zero-order valence-electron chi connectivity index (χ0n) is 7.80. The number of hydrogen-bond donors (Lipinski definition) is 2. The highest BCUT2D eigenvalue weighted by atomic mass is 19.4. The van der Waals surface area contributed by atoms with Crippen molar-refractivity contribution in [3.05, 3.63) is 23.3 Å². The van der Waals surface area contributed by atoms with Gasteiger partial charge in [0, 0.05) is 5.69 Å².